The van der Waals surface area contributed by atoms with Crippen LogP contribution in [0.15, 0.2) is 36.5 Å². The Kier molecular flexibility index (Phi) is 5.78. The molecule has 1 amide bonds. The number of methoxy groups -OCH3 is 1. The highest BCUT2D eigenvalue weighted by molar-refractivity contribution is 5.99. The van der Waals surface area contributed by atoms with Crippen LogP contribution in [0, 0.1) is 0 Å². The van der Waals surface area contributed by atoms with Crippen LogP contribution in [0.2, 0.25) is 0 Å². The number of hydrogen-bond donors (Lipinski definition) is 3. The summed E-state index contributed by atoms with van der Waals surface area (Å²) in [6.45, 7) is 2.95. The Labute approximate surface area is 162 Å². The predicted octanol–water partition coefficient (Wildman–Crippen LogP) is 1.74. The number of H-pyrrole nitrogens is 1. The summed E-state index contributed by atoms with van der Waals surface area (Å²) in [6, 6.07) is 9.52. The van der Waals surface area contributed by atoms with E-state index in [9.17, 15) is 4.79 Å². The molecule has 0 radical (unpaired) electrons. The number of aromatic nitrogens is 4. The van der Waals surface area contributed by atoms with Gasteiger partial charge in [0.1, 0.15) is 5.75 Å². The van der Waals surface area contributed by atoms with Crippen molar-refractivity contribution in [2.45, 2.75) is 19.6 Å². The minimum atomic E-state index is -0.194. The van der Waals surface area contributed by atoms with Crippen molar-refractivity contribution in [1.82, 2.24) is 30.6 Å². The number of carbonyl (C=O) groups is 1. The number of nitrogens with zero attached hydrogens (tertiary/aromatic N) is 3. The van der Waals surface area contributed by atoms with Gasteiger partial charge in [-0.25, -0.2) is 0 Å². The predicted molar refractivity (Wildman–Crippen MR) is 103 cm³/mol. The summed E-state index contributed by atoms with van der Waals surface area (Å²) in [5.74, 6) is 0.529. The molecule has 0 atom stereocenters. The van der Waals surface area contributed by atoms with Crippen LogP contribution in [0.4, 0.5) is 0 Å². The maximum Gasteiger partial charge on any atom is 0.255 e. The Bertz CT molecular complexity index is 912. The van der Waals surface area contributed by atoms with E-state index >= 15 is 0 Å². The molecule has 1 aliphatic heterocycles. The van der Waals surface area contributed by atoms with E-state index in [1.807, 2.05) is 35.0 Å². The van der Waals surface area contributed by atoms with Crippen molar-refractivity contribution in [1.29, 1.82) is 0 Å². The molecule has 8 nitrogen and oxygen atoms in total. The van der Waals surface area contributed by atoms with Crippen molar-refractivity contribution < 1.29 is 9.53 Å². The Morgan fingerprint density at radius 1 is 1.37 bits per heavy atom. The van der Waals surface area contributed by atoms with Crippen LogP contribution in [0.25, 0.3) is 11.3 Å². The van der Waals surface area contributed by atoms with Crippen LogP contribution in [-0.2, 0) is 19.6 Å². The fourth-order valence-corrected chi connectivity index (χ4v) is 3.06. The first kappa shape index (κ1) is 18.9. The summed E-state index contributed by atoms with van der Waals surface area (Å²) in [7, 11) is 1.61. The number of carbonyl (C=O) groups excluding carboxylic acids is 1. The Morgan fingerprint density at radius 3 is 3.07 bits per heavy atom. The average molecular weight is 389 g/mol. The van der Waals surface area contributed by atoms with E-state index in [0.717, 1.165) is 42.3 Å². The lowest BCUT2D eigenvalue weighted by Crippen LogP contribution is -2.28. The summed E-state index contributed by atoms with van der Waals surface area (Å²) in [6.07, 6.45) is 1.53. The monoisotopic (exact) mass is 388 g/mol. The molecule has 27 heavy (non-hydrogen) atoms. The zero-order valence-corrected chi connectivity index (χ0v) is 15.7. The first-order valence-corrected chi connectivity index (χ1v) is 8.47. The van der Waals surface area contributed by atoms with Crippen molar-refractivity contribution in [3.8, 4) is 17.0 Å². The van der Waals surface area contributed by atoms with Crippen LogP contribution in [0.3, 0.4) is 0 Å². The van der Waals surface area contributed by atoms with E-state index in [4.69, 9.17) is 4.74 Å². The molecule has 2 aromatic heterocycles. The highest BCUT2D eigenvalue weighted by atomic mass is 35.5. The van der Waals surface area contributed by atoms with Crippen molar-refractivity contribution in [2.24, 2.45) is 0 Å². The molecular formula is C18H21ClN6O2. The van der Waals surface area contributed by atoms with Crippen LogP contribution < -0.4 is 15.4 Å². The molecular weight excluding hydrogens is 368 g/mol. The van der Waals surface area contributed by atoms with E-state index in [2.05, 4.69) is 25.9 Å². The number of rotatable bonds is 5. The minimum absolute atomic E-state index is 0. The van der Waals surface area contributed by atoms with E-state index in [0.29, 0.717) is 17.8 Å². The normalized spacial score (nSPS) is 12.8. The third-order valence-corrected chi connectivity index (χ3v) is 4.39. The lowest BCUT2D eigenvalue weighted by molar-refractivity contribution is 0.0951. The smallest absolute Gasteiger partial charge is 0.255 e. The van der Waals surface area contributed by atoms with Gasteiger partial charge in [-0.15, -0.1) is 12.4 Å². The molecule has 0 unspecified atom stereocenters. The second kappa shape index (κ2) is 8.24. The number of nitrogens with one attached hydrogen (secondary N) is 3. The standard InChI is InChI=1S/C18H20N6O2.ClH/c1-26-15-4-2-3-12(7-15)17-16(11-21-22-17)18(25)20-9-13-8-14-10-19-5-6-24(14)23-13;/h2-4,7-8,11,19H,5-6,9-10H2,1H3,(H,20,25)(H,21,22);1H. The largest absolute Gasteiger partial charge is 0.497 e. The Morgan fingerprint density at radius 2 is 2.26 bits per heavy atom. The van der Waals surface area contributed by atoms with Crippen molar-refractivity contribution in [3.63, 3.8) is 0 Å². The second-order valence-corrected chi connectivity index (χ2v) is 6.10. The van der Waals surface area contributed by atoms with Gasteiger partial charge < -0.3 is 15.4 Å². The van der Waals surface area contributed by atoms with Crippen molar-refractivity contribution >= 4 is 18.3 Å². The molecule has 3 N–H and O–H groups in total. The Hall–Kier alpha value is -2.84. The molecule has 0 bridgehead atoms. The summed E-state index contributed by atoms with van der Waals surface area (Å²) < 4.78 is 7.23. The van der Waals surface area contributed by atoms with Crippen LogP contribution >= 0.6 is 12.4 Å². The van der Waals surface area contributed by atoms with E-state index < -0.39 is 0 Å². The SMILES string of the molecule is COc1cccc(-c2[nH]ncc2C(=O)NCc2cc3n(n2)CCNC3)c1.Cl. The molecule has 3 heterocycles. The van der Waals surface area contributed by atoms with Gasteiger partial charge >= 0.3 is 0 Å². The topological polar surface area (TPSA) is 96.9 Å². The zero-order chi connectivity index (χ0) is 17.9. The molecule has 0 fully saturated rings. The van der Waals surface area contributed by atoms with Crippen LogP contribution in [-0.4, -0.2) is 39.5 Å². The summed E-state index contributed by atoms with van der Waals surface area (Å²) in [5.41, 5.74) is 3.98. The number of halogens is 1. The van der Waals surface area contributed by atoms with Crippen molar-refractivity contribution in [2.75, 3.05) is 13.7 Å². The van der Waals surface area contributed by atoms with E-state index in [1.54, 1.807) is 7.11 Å². The molecule has 4 rings (SSSR count). The van der Waals surface area contributed by atoms with Gasteiger partial charge in [-0.2, -0.15) is 10.2 Å². The highest BCUT2D eigenvalue weighted by Gasteiger charge is 2.17. The average Bonchev–Trinajstić information content (AvgIpc) is 3.32. The van der Waals surface area contributed by atoms with Gasteiger partial charge in [-0.05, 0) is 18.2 Å². The zero-order valence-electron chi connectivity index (χ0n) is 14.9. The molecule has 1 aliphatic rings. The number of aromatic amines is 1. The first-order valence-electron chi connectivity index (χ1n) is 8.47. The number of fused-ring (bicyclic) bond motifs is 1. The van der Waals surface area contributed by atoms with Crippen LogP contribution in [0.5, 0.6) is 5.75 Å². The summed E-state index contributed by atoms with van der Waals surface area (Å²) in [4.78, 5) is 12.6. The highest BCUT2D eigenvalue weighted by Crippen LogP contribution is 2.25. The number of amides is 1. The number of ether oxygens (including phenoxy) is 1. The second-order valence-electron chi connectivity index (χ2n) is 6.10. The van der Waals surface area contributed by atoms with Gasteiger partial charge in [0, 0.05) is 18.7 Å². The molecule has 0 saturated carbocycles. The number of hydrogen-bond acceptors (Lipinski definition) is 5. The van der Waals surface area contributed by atoms with E-state index in [-0.39, 0.29) is 18.3 Å². The first-order chi connectivity index (χ1) is 12.7. The third-order valence-electron chi connectivity index (χ3n) is 4.39. The minimum Gasteiger partial charge on any atom is -0.497 e. The number of benzene rings is 1. The lowest BCUT2D eigenvalue weighted by Gasteiger charge is -2.13. The van der Waals surface area contributed by atoms with Gasteiger partial charge in [0.2, 0.25) is 0 Å². The molecule has 0 saturated heterocycles. The molecule has 9 heteroatoms. The molecule has 0 aliphatic carbocycles. The summed E-state index contributed by atoms with van der Waals surface area (Å²) in [5, 5.41) is 17.7. The maximum absolute atomic E-state index is 12.6. The van der Waals surface area contributed by atoms with Gasteiger partial charge in [0.25, 0.3) is 5.91 Å². The fourth-order valence-electron chi connectivity index (χ4n) is 3.06. The third kappa shape index (κ3) is 3.96. The molecule has 142 valence electrons. The van der Waals surface area contributed by atoms with Gasteiger partial charge in [-0.1, -0.05) is 12.1 Å². The van der Waals surface area contributed by atoms with Crippen molar-refractivity contribution in [3.05, 3.63) is 53.5 Å². The maximum atomic E-state index is 12.6. The lowest BCUT2D eigenvalue weighted by atomic mass is 10.1. The van der Waals surface area contributed by atoms with Gasteiger partial charge in [0.05, 0.1) is 49.0 Å². The van der Waals surface area contributed by atoms with Gasteiger partial charge in [0.15, 0.2) is 0 Å². The molecule has 0 spiro atoms. The Balaban J connectivity index is 0.00000210. The molecule has 1 aromatic carbocycles. The van der Waals surface area contributed by atoms with E-state index in [1.165, 1.54) is 6.20 Å². The quantitative estimate of drug-likeness (QED) is 0.618. The fraction of sp³-hybridized carbons (Fsp3) is 0.278. The van der Waals surface area contributed by atoms with Gasteiger partial charge in [-0.3, -0.25) is 14.6 Å². The van der Waals surface area contributed by atoms with Crippen LogP contribution in [0.1, 0.15) is 21.7 Å². The molecule has 3 aromatic rings. The summed E-state index contributed by atoms with van der Waals surface area (Å²) >= 11 is 0.